The Morgan fingerprint density at radius 1 is 1.04 bits per heavy atom. The number of hydrogen-bond donors (Lipinski definition) is 1. The molecule has 6 nitrogen and oxygen atoms in total. The number of fused-ring (bicyclic) bond motifs is 1. The number of piperidine rings is 1. The topological polar surface area (TPSA) is 75.7 Å². The van der Waals surface area contributed by atoms with Gasteiger partial charge in [-0.1, -0.05) is 29.8 Å². The summed E-state index contributed by atoms with van der Waals surface area (Å²) in [6, 6.07) is 10.9. The van der Waals surface area contributed by atoms with E-state index in [9.17, 15) is 13.2 Å². The first-order chi connectivity index (χ1) is 13.2. The van der Waals surface area contributed by atoms with E-state index in [1.165, 1.54) is 4.31 Å². The Balaban J connectivity index is 1.57. The highest BCUT2D eigenvalue weighted by Gasteiger charge is 2.45. The monoisotopic (exact) mass is 400 g/mol. The molecule has 0 aliphatic carbocycles. The Morgan fingerprint density at radius 3 is 2.29 bits per heavy atom. The lowest BCUT2D eigenvalue weighted by molar-refractivity contribution is -0.0155. The molecule has 0 saturated carbocycles. The number of carbonyl (C=O) groups excluding carboxylic acids is 1. The maximum absolute atomic E-state index is 13.3. The van der Waals surface area contributed by atoms with E-state index in [0.717, 1.165) is 16.7 Å². The fourth-order valence-electron chi connectivity index (χ4n) is 4.27. The van der Waals surface area contributed by atoms with Crippen LogP contribution in [0.25, 0.3) is 0 Å². The van der Waals surface area contributed by atoms with Crippen molar-refractivity contribution < 1.29 is 17.9 Å². The number of amides is 1. The Kier molecular flexibility index (Phi) is 4.47. The highest BCUT2D eigenvalue weighted by Crippen LogP contribution is 2.35. The van der Waals surface area contributed by atoms with Crippen molar-refractivity contribution in [2.45, 2.75) is 44.2 Å². The predicted octanol–water partition coefficient (Wildman–Crippen LogP) is 2.92. The Labute approximate surface area is 165 Å². The van der Waals surface area contributed by atoms with E-state index < -0.39 is 15.7 Å². The van der Waals surface area contributed by atoms with E-state index in [-0.39, 0.29) is 19.0 Å². The molecular formula is C21H24N2O4S. The van der Waals surface area contributed by atoms with Gasteiger partial charge < -0.3 is 10.1 Å². The van der Waals surface area contributed by atoms with Gasteiger partial charge in [0.25, 0.3) is 5.91 Å². The van der Waals surface area contributed by atoms with Crippen LogP contribution in [0.2, 0.25) is 0 Å². The van der Waals surface area contributed by atoms with Crippen molar-refractivity contribution >= 4 is 15.9 Å². The minimum absolute atomic E-state index is 0.177. The third-order valence-electron chi connectivity index (χ3n) is 5.51. The number of ether oxygens (including phenoxy) is 1. The molecule has 7 heteroatoms. The van der Waals surface area contributed by atoms with Gasteiger partial charge in [-0.15, -0.1) is 0 Å². The highest BCUT2D eigenvalue weighted by molar-refractivity contribution is 7.89. The number of carbonyl (C=O) groups is 1. The van der Waals surface area contributed by atoms with Gasteiger partial charge in [0.05, 0.1) is 10.5 Å². The summed E-state index contributed by atoms with van der Waals surface area (Å²) in [6.07, 6.45) is 0.798. The van der Waals surface area contributed by atoms with Crippen molar-refractivity contribution in [3.63, 3.8) is 0 Å². The van der Waals surface area contributed by atoms with E-state index in [0.29, 0.717) is 29.1 Å². The zero-order valence-corrected chi connectivity index (χ0v) is 17.1. The van der Waals surface area contributed by atoms with Crippen molar-refractivity contribution in [3.8, 4) is 5.75 Å². The van der Waals surface area contributed by atoms with Gasteiger partial charge in [0.2, 0.25) is 10.0 Å². The first-order valence-electron chi connectivity index (χ1n) is 9.40. The molecule has 1 N–H and O–H groups in total. The second-order valence-electron chi connectivity index (χ2n) is 7.68. The standard InChI is InChI=1S/C21H24N2O4S/c1-14-12-15(2)19(16(3)13-14)28(25,26)23-10-8-21(9-11-23)22-20(24)17-6-4-5-7-18(17)27-21/h4-7,12-13H,8-11H2,1-3H3,(H,22,24). The van der Waals surface area contributed by atoms with Crippen molar-refractivity contribution in [1.82, 2.24) is 9.62 Å². The predicted molar refractivity (Wildman–Crippen MR) is 106 cm³/mol. The summed E-state index contributed by atoms with van der Waals surface area (Å²) in [5.74, 6) is 0.371. The summed E-state index contributed by atoms with van der Waals surface area (Å²) in [5.41, 5.74) is 2.22. The number of sulfonamides is 1. The molecule has 0 aromatic heterocycles. The SMILES string of the molecule is Cc1cc(C)c(S(=O)(=O)N2CCC3(CC2)NC(=O)c2ccccc2O3)c(C)c1. The minimum Gasteiger partial charge on any atom is -0.467 e. The van der Waals surface area contributed by atoms with E-state index in [1.807, 2.05) is 39.0 Å². The summed E-state index contributed by atoms with van der Waals surface area (Å²) in [5, 5.41) is 2.95. The lowest BCUT2D eigenvalue weighted by Crippen LogP contribution is -2.61. The fraction of sp³-hybridized carbons (Fsp3) is 0.381. The summed E-state index contributed by atoms with van der Waals surface area (Å²) in [6.45, 7) is 6.20. The van der Waals surface area contributed by atoms with Gasteiger partial charge >= 0.3 is 0 Å². The second kappa shape index (κ2) is 6.60. The largest absolute Gasteiger partial charge is 0.467 e. The fourth-order valence-corrected chi connectivity index (χ4v) is 6.12. The van der Waals surface area contributed by atoms with Gasteiger partial charge in [0.1, 0.15) is 5.75 Å². The van der Waals surface area contributed by atoms with Gasteiger partial charge in [0, 0.05) is 25.9 Å². The van der Waals surface area contributed by atoms with Crippen LogP contribution >= 0.6 is 0 Å². The normalized spacial score (nSPS) is 19.0. The molecule has 2 aliphatic rings. The summed E-state index contributed by atoms with van der Waals surface area (Å²) >= 11 is 0. The number of hydrogen-bond acceptors (Lipinski definition) is 4. The van der Waals surface area contributed by atoms with Crippen LogP contribution in [0.3, 0.4) is 0 Å². The quantitative estimate of drug-likeness (QED) is 0.841. The maximum atomic E-state index is 13.3. The second-order valence-corrected chi connectivity index (χ2v) is 9.55. The van der Waals surface area contributed by atoms with Crippen LogP contribution in [0.1, 0.15) is 39.9 Å². The molecular weight excluding hydrogens is 376 g/mol. The third kappa shape index (κ3) is 3.08. The number of benzene rings is 2. The smallest absolute Gasteiger partial charge is 0.258 e. The van der Waals surface area contributed by atoms with Crippen LogP contribution in [0.15, 0.2) is 41.3 Å². The first-order valence-corrected chi connectivity index (χ1v) is 10.8. The molecule has 2 heterocycles. The van der Waals surface area contributed by atoms with E-state index in [1.54, 1.807) is 18.2 Å². The lowest BCUT2D eigenvalue weighted by Gasteiger charge is -2.44. The van der Waals surface area contributed by atoms with Crippen molar-refractivity contribution in [1.29, 1.82) is 0 Å². The van der Waals surface area contributed by atoms with Crippen molar-refractivity contribution in [3.05, 3.63) is 58.7 Å². The average Bonchev–Trinajstić information content (AvgIpc) is 2.61. The molecule has 4 rings (SSSR count). The molecule has 2 aromatic carbocycles. The number of nitrogens with one attached hydrogen (secondary N) is 1. The average molecular weight is 401 g/mol. The minimum atomic E-state index is -3.60. The summed E-state index contributed by atoms with van der Waals surface area (Å²) in [4.78, 5) is 12.8. The van der Waals surface area contributed by atoms with Crippen LogP contribution in [-0.2, 0) is 10.0 Å². The van der Waals surface area contributed by atoms with E-state index >= 15 is 0 Å². The van der Waals surface area contributed by atoms with Crippen molar-refractivity contribution in [2.75, 3.05) is 13.1 Å². The van der Waals surface area contributed by atoms with Crippen LogP contribution in [0.5, 0.6) is 5.75 Å². The Morgan fingerprint density at radius 2 is 1.64 bits per heavy atom. The Hall–Kier alpha value is -2.38. The Bertz CT molecular complexity index is 1030. The molecule has 2 aliphatic heterocycles. The number of para-hydroxylation sites is 1. The maximum Gasteiger partial charge on any atom is 0.258 e. The highest BCUT2D eigenvalue weighted by atomic mass is 32.2. The van der Waals surface area contributed by atoms with Gasteiger partial charge in [-0.25, -0.2) is 8.42 Å². The van der Waals surface area contributed by atoms with Gasteiger partial charge in [-0.2, -0.15) is 4.31 Å². The molecule has 0 unspecified atom stereocenters. The molecule has 0 atom stereocenters. The van der Waals surface area contributed by atoms with Crippen LogP contribution in [-0.4, -0.2) is 37.4 Å². The number of aryl methyl sites for hydroxylation is 3. The van der Waals surface area contributed by atoms with Gasteiger partial charge in [0.15, 0.2) is 5.72 Å². The summed E-state index contributed by atoms with van der Waals surface area (Å²) in [7, 11) is -3.60. The van der Waals surface area contributed by atoms with Crippen LogP contribution in [0, 0.1) is 20.8 Å². The molecule has 1 fully saturated rings. The van der Waals surface area contributed by atoms with E-state index in [2.05, 4.69) is 5.32 Å². The number of nitrogens with zero attached hydrogens (tertiary/aromatic N) is 1. The molecule has 0 bridgehead atoms. The third-order valence-corrected chi connectivity index (χ3v) is 7.72. The lowest BCUT2D eigenvalue weighted by atomic mass is 9.98. The van der Waals surface area contributed by atoms with Gasteiger partial charge in [-0.05, 0) is 44.0 Å². The molecule has 148 valence electrons. The van der Waals surface area contributed by atoms with Gasteiger partial charge in [-0.3, -0.25) is 4.79 Å². The van der Waals surface area contributed by atoms with Crippen molar-refractivity contribution in [2.24, 2.45) is 0 Å². The summed E-state index contributed by atoms with van der Waals surface area (Å²) < 4.78 is 34.1. The molecule has 2 aromatic rings. The molecule has 0 radical (unpaired) electrons. The van der Waals surface area contributed by atoms with E-state index in [4.69, 9.17) is 4.74 Å². The zero-order valence-electron chi connectivity index (χ0n) is 16.3. The molecule has 1 spiro atoms. The molecule has 1 saturated heterocycles. The molecule has 1 amide bonds. The van der Waals surface area contributed by atoms with Crippen LogP contribution in [0.4, 0.5) is 0 Å². The van der Waals surface area contributed by atoms with Crippen LogP contribution < -0.4 is 10.1 Å². The number of rotatable bonds is 2. The zero-order chi connectivity index (χ0) is 20.1. The molecule has 28 heavy (non-hydrogen) atoms. The first kappa shape index (κ1) is 19.0.